The van der Waals surface area contributed by atoms with Crippen LogP contribution in [-0.4, -0.2) is 13.9 Å². The lowest BCUT2D eigenvalue weighted by molar-refractivity contribution is 0.114. The first-order chi connectivity index (χ1) is 9.17. The molecular formula is C14H20BrFN2OS. The lowest BCUT2D eigenvalue weighted by atomic mass is 9.66. The lowest BCUT2D eigenvalue weighted by Gasteiger charge is -2.48. The molecule has 1 fully saturated rings. The van der Waals surface area contributed by atoms with Gasteiger partial charge in [0.2, 0.25) is 0 Å². The van der Waals surface area contributed by atoms with E-state index in [1.807, 2.05) is 27.7 Å². The molecule has 0 spiro atoms. The number of rotatable bonds is 3. The predicted molar refractivity (Wildman–Crippen MR) is 83.0 cm³/mol. The average molecular weight is 363 g/mol. The molecule has 1 aromatic rings. The van der Waals surface area contributed by atoms with Gasteiger partial charge < -0.3 is 0 Å². The van der Waals surface area contributed by atoms with Crippen molar-refractivity contribution in [2.45, 2.75) is 50.8 Å². The van der Waals surface area contributed by atoms with E-state index in [4.69, 9.17) is 0 Å². The van der Waals surface area contributed by atoms with Gasteiger partial charge in [-0.2, -0.15) is 0 Å². The standard InChI is InChI=1S/C14H20BrFN2OS/c1-9-5-6-14(9,18-20(19)13(2,3)4)12-11(16)7-10(15)8-17-12/h7-9,18H,5-6H2,1-4H3/t9-,14-,20?/m0/s1. The topological polar surface area (TPSA) is 42.0 Å². The van der Waals surface area contributed by atoms with Crippen LogP contribution in [0.5, 0.6) is 0 Å². The van der Waals surface area contributed by atoms with Crippen molar-refractivity contribution >= 4 is 26.9 Å². The normalized spacial score (nSPS) is 28.0. The number of aromatic nitrogens is 1. The van der Waals surface area contributed by atoms with Crippen LogP contribution in [0.15, 0.2) is 16.7 Å². The molecule has 1 aliphatic carbocycles. The highest BCUT2D eigenvalue weighted by atomic mass is 79.9. The second kappa shape index (κ2) is 5.46. The third-order valence-electron chi connectivity index (χ3n) is 3.87. The van der Waals surface area contributed by atoms with Crippen molar-refractivity contribution in [2.24, 2.45) is 5.92 Å². The Kier molecular flexibility index (Phi) is 4.38. The van der Waals surface area contributed by atoms with E-state index < -0.39 is 21.3 Å². The van der Waals surface area contributed by atoms with Gasteiger partial charge in [-0.3, -0.25) is 4.98 Å². The highest BCUT2D eigenvalue weighted by Crippen LogP contribution is 2.47. The smallest absolute Gasteiger partial charge is 0.147 e. The summed E-state index contributed by atoms with van der Waals surface area (Å²) in [6.45, 7) is 7.75. The molecule has 20 heavy (non-hydrogen) atoms. The van der Waals surface area contributed by atoms with Crippen molar-refractivity contribution in [2.75, 3.05) is 0 Å². The van der Waals surface area contributed by atoms with Gasteiger partial charge in [0, 0.05) is 10.7 Å². The Labute approximate surface area is 130 Å². The van der Waals surface area contributed by atoms with Gasteiger partial charge in [0.15, 0.2) is 0 Å². The zero-order valence-electron chi connectivity index (χ0n) is 12.2. The first-order valence-electron chi connectivity index (χ1n) is 6.68. The monoisotopic (exact) mass is 362 g/mol. The van der Waals surface area contributed by atoms with Crippen LogP contribution in [-0.2, 0) is 16.5 Å². The molecule has 0 aliphatic heterocycles. The highest BCUT2D eigenvalue weighted by Gasteiger charge is 2.50. The van der Waals surface area contributed by atoms with Gasteiger partial charge in [-0.05, 0) is 61.5 Å². The highest BCUT2D eigenvalue weighted by molar-refractivity contribution is 9.10. The van der Waals surface area contributed by atoms with Crippen molar-refractivity contribution in [3.8, 4) is 0 Å². The van der Waals surface area contributed by atoms with E-state index >= 15 is 0 Å². The Balaban J connectivity index is 2.38. The average Bonchev–Trinajstić information content (AvgIpc) is 2.33. The molecule has 3 nitrogen and oxygen atoms in total. The van der Waals surface area contributed by atoms with Gasteiger partial charge in [0.1, 0.15) is 5.82 Å². The van der Waals surface area contributed by atoms with Crippen molar-refractivity contribution < 1.29 is 8.60 Å². The molecule has 1 heterocycles. The van der Waals surface area contributed by atoms with Crippen LogP contribution in [0.3, 0.4) is 0 Å². The van der Waals surface area contributed by atoms with Gasteiger partial charge in [-0.25, -0.2) is 13.3 Å². The Morgan fingerprint density at radius 2 is 2.20 bits per heavy atom. The van der Waals surface area contributed by atoms with Crippen LogP contribution in [0.1, 0.15) is 46.2 Å². The zero-order chi connectivity index (χ0) is 15.1. The fraction of sp³-hybridized carbons (Fsp3) is 0.643. The third-order valence-corrected chi connectivity index (χ3v) is 5.97. The first-order valence-corrected chi connectivity index (χ1v) is 8.62. The van der Waals surface area contributed by atoms with Crippen molar-refractivity contribution in [3.05, 3.63) is 28.2 Å². The molecule has 112 valence electrons. The van der Waals surface area contributed by atoms with Gasteiger partial charge >= 0.3 is 0 Å². The fourth-order valence-corrected chi connectivity index (χ4v) is 3.68. The van der Waals surface area contributed by atoms with Crippen molar-refractivity contribution in [1.29, 1.82) is 0 Å². The molecule has 0 amide bonds. The Morgan fingerprint density at radius 1 is 1.55 bits per heavy atom. The van der Waals surface area contributed by atoms with Crippen molar-refractivity contribution in [1.82, 2.24) is 9.71 Å². The van der Waals surface area contributed by atoms with Crippen molar-refractivity contribution in [3.63, 3.8) is 0 Å². The van der Waals surface area contributed by atoms with Gasteiger partial charge in [0.25, 0.3) is 0 Å². The van der Waals surface area contributed by atoms with Gasteiger partial charge in [-0.15, -0.1) is 0 Å². The molecule has 0 saturated heterocycles. The fourth-order valence-electron chi connectivity index (χ4n) is 2.33. The first kappa shape index (κ1) is 16.0. The molecule has 1 aliphatic rings. The summed E-state index contributed by atoms with van der Waals surface area (Å²) >= 11 is 3.22. The summed E-state index contributed by atoms with van der Waals surface area (Å²) in [7, 11) is -1.26. The summed E-state index contributed by atoms with van der Waals surface area (Å²) < 4.78 is 30.0. The summed E-state index contributed by atoms with van der Waals surface area (Å²) in [4.78, 5) is 4.24. The third kappa shape index (κ3) is 2.83. The van der Waals surface area contributed by atoms with Crippen LogP contribution in [0.25, 0.3) is 0 Å². The molecule has 1 unspecified atom stereocenters. The number of nitrogens with one attached hydrogen (secondary N) is 1. The predicted octanol–water partition coefficient (Wildman–Crippen LogP) is 3.66. The summed E-state index contributed by atoms with van der Waals surface area (Å²) in [5, 5.41) is 0. The van der Waals surface area contributed by atoms with Crippen LogP contribution in [0.4, 0.5) is 4.39 Å². The maximum atomic E-state index is 14.3. The molecule has 1 aromatic heterocycles. The summed E-state index contributed by atoms with van der Waals surface area (Å²) in [5.41, 5.74) is -0.250. The molecule has 1 N–H and O–H groups in total. The summed E-state index contributed by atoms with van der Waals surface area (Å²) in [5.74, 6) is -0.152. The van der Waals surface area contributed by atoms with E-state index in [0.29, 0.717) is 10.2 Å². The van der Waals surface area contributed by atoms with E-state index in [1.165, 1.54) is 6.07 Å². The van der Waals surface area contributed by atoms with Gasteiger partial charge in [-0.1, -0.05) is 6.92 Å². The lowest BCUT2D eigenvalue weighted by Crippen LogP contribution is -2.58. The minimum Gasteiger partial charge on any atom is -0.255 e. The van der Waals surface area contributed by atoms with Crippen LogP contribution in [0, 0.1) is 11.7 Å². The van der Waals surface area contributed by atoms with E-state index in [0.717, 1.165) is 12.8 Å². The molecule has 0 radical (unpaired) electrons. The summed E-state index contributed by atoms with van der Waals surface area (Å²) in [6, 6.07) is 1.41. The van der Waals surface area contributed by atoms with E-state index in [9.17, 15) is 8.60 Å². The molecule has 0 aromatic carbocycles. The number of hydrogen-bond acceptors (Lipinski definition) is 2. The number of hydrogen-bond donors (Lipinski definition) is 1. The molecular weight excluding hydrogens is 343 g/mol. The van der Waals surface area contributed by atoms with Crippen LogP contribution < -0.4 is 4.72 Å². The number of halogens is 2. The van der Waals surface area contributed by atoms with E-state index in [-0.39, 0.29) is 11.7 Å². The Hall–Kier alpha value is -0.330. The maximum absolute atomic E-state index is 14.3. The Morgan fingerprint density at radius 3 is 2.60 bits per heavy atom. The minimum atomic E-state index is -1.26. The molecule has 0 bridgehead atoms. The Bertz CT molecular complexity index is 546. The van der Waals surface area contributed by atoms with Crippen LogP contribution >= 0.6 is 15.9 Å². The molecule has 2 rings (SSSR count). The number of pyridine rings is 1. The number of nitrogens with zero attached hydrogens (tertiary/aromatic N) is 1. The zero-order valence-corrected chi connectivity index (χ0v) is 14.6. The second-order valence-electron chi connectivity index (χ2n) is 6.38. The van der Waals surface area contributed by atoms with Gasteiger partial charge in [0.05, 0.1) is 27.0 Å². The maximum Gasteiger partial charge on any atom is 0.147 e. The van der Waals surface area contributed by atoms with E-state index in [1.54, 1.807) is 6.20 Å². The largest absolute Gasteiger partial charge is 0.255 e. The quantitative estimate of drug-likeness (QED) is 0.891. The molecule has 3 atom stereocenters. The second-order valence-corrected chi connectivity index (χ2v) is 9.26. The molecule has 1 saturated carbocycles. The molecule has 6 heteroatoms. The SMILES string of the molecule is C[C@H]1CC[C@@]1(NS(=O)C(C)(C)C)c1ncc(Br)cc1F. The van der Waals surface area contributed by atoms with E-state index in [2.05, 4.69) is 25.6 Å². The summed E-state index contributed by atoms with van der Waals surface area (Å²) in [6.07, 6.45) is 3.32. The minimum absolute atomic E-state index is 0.206. The van der Waals surface area contributed by atoms with Crippen LogP contribution in [0.2, 0.25) is 0 Å².